The lowest BCUT2D eigenvalue weighted by atomic mass is 9.93. The van der Waals surface area contributed by atoms with Crippen molar-refractivity contribution in [3.05, 3.63) is 29.8 Å². The molecule has 0 unspecified atom stereocenters. The van der Waals surface area contributed by atoms with Crippen molar-refractivity contribution < 1.29 is 9.59 Å². The van der Waals surface area contributed by atoms with Crippen LogP contribution in [-0.4, -0.2) is 47.9 Å². The Kier molecular flexibility index (Phi) is 5.95. The predicted octanol–water partition coefficient (Wildman–Crippen LogP) is 3.64. The SMILES string of the molecule is Cc1ccc(NC(=O)N2CCC(CC(=O)N3CCCCC3)CC2)cc1. The van der Waals surface area contributed by atoms with Gasteiger partial charge < -0.3 is 15.1 Å². The highest BCUT2D eigenvalue weighted by atomic mass is 16.2. The lowest BCUT2D eigenvalue weighted by Gasteiger charge is -2.33. The van der Waals surface area contributed by atoms with E-state index < -0.39 is 0 Å². The van der Waals surface area contributed by atoms with Crippen molar-refractivity contribution in [1.82, 2.24) is 9.80 Å². The van der Waals surface area contributed by atoms with E-state index in [1.54, 1.807) is 0 Å². The first-order valence-electron chi connectivity index (χ1n) is 9.52. The van der Waals surface area contributed by atoms with Crippen molar-refractivity contribution in [1.29, 1.82) is 0 Å². The van der Waals surface area contributed by atoms with Crippen LogP contribution in [0.3, 0.4) is 0 Å². The summed E-state index contributed by atoms with van der Waals surface area (Å²) in [5.74, 6) is 0.722. The summed E-state index contributed by atoms with van der Waals surface area (Å²) in [7, 11) is 0. The summed E-state index contributed by atoms with van der Waals surface area (Å²) in [5, 5.41) is 2.96. The first kappa shape index (κ1) is 17.8. The number of amides is 3. The van der Waals surface area contributed by atoms with Crippen molar-refractivity contribution in [3.8, 4) is 0 Å². The summed E-state index contributed by atoms with van der Waals surface area (Å²) in [5.41, 5.74) is 2.01. The number of carbonyl (C=O) groups excluding carboxylic acids is 2. The molecule has 0 radical (unpaired) electrons. The Morgan fingerprint density at radius 1 is 0.960 bits per heavy atom. The molecule has 0 spiro atoms. The van der Waals surface area contributed by atoms with Gasteiger partial charge in [-0.3, -0.25) is 4.79 Å². The molecule has 2 saturated heterocycles. The molecule has 0 aliphatic carbocycles. The number of aryl methyl sites for hydroxylation is 1. The lowest BCUT2D eigenvalue weighted by Crippen LogP contribution is -2.42. The quantitative estimate of drug-likeness (QED) is 0.911. The third-order valence-corrected chi connectivity index (χ3v) is 5.38. The van der Waals surface area contributed by atoms with Crippen LogP contribution in [0.25, 0.3) is 0 Å². The standard InChI is InChI=1S/C20H29N3O2/c1-16-5-7-18(8-6-16)21-20(25)23-13-9-17(10-14-23)15-19(24)22-11-3-2-4-12-22/h5-8,17H,2-4,9-15H2,1H3,(H,21,25). The summed E-state index contributed by atoms with van der Waals surface area (Å²) in [4.78, 5) is 28.6. The van der Waals surface area contributed by atoms with Crippen molar-refractivity contribution in [2.75, 3.05) is 31.5 Å². The van der Waals surface area contributed by atoms with Crippen molar-refractivity contribution >= 4 is 17.6 Å². The summed E-state index contributed by atoms with van der Waals surface area (Å²) < 4.78 is 0. The minimum atomic E-state index is -0.0374. The number of urea groups is 1. The molecule has 3 amide bonds. The van der Waals surface area contributed by atoms with E-state index >= 15 is 0 Å². The van der Waals surface area contributed by atoms with Crippen molar-refractivity contribution in [2.45, 2.75) is 45.4 Å². The molecular formula is C20H29N3O2. The molecule has 2 heterocycles. The van der Waals surface area contributed by atoms with Gasteiger partial charge in [0.05, 0.1) is 0 Å². The van der Waals surface area contributed by atoms with Crippen molar-refractivity contribution in [3.63, 3.8) is 0 Å². The summed E-state index contributed by atoms with van der Waals surface area (Å²) >= 11 is 0. The largest absolute Gasteiger partial charge is 0.343 e. The number of hydrogen-bond donors (Lipinski definition) is 1. The number of carbonyl (C=O) groups is 2. The number of anilines is 1. The maximum atomic E-state index is 12.4. The molecule has 0 atom stereocenters. The van der Waals surface area contributed by atoms with E-state index in [0.29, 0.717) is 18.2 Å². The number of rotatable bonds is 3. The van der Waals surface area contributed by atoms with Gasteiger partial charge in [0.25, 0.3) is 0 Å². The highest BCUT2D eigenvalue weighted by Gasteiger charge is 2.26. The maximum Gasteiger partial charge on any atom is 0.321 e. The highest BCUT2D eigenvalue weighted by molar-refractivity contribution is 5.89. The maximum absolute atomic E-state index is 12.4. The zero-order chi connectivity index (χ0) is 17.6. The molecule has 25 heavy (non-hydrogen) atoms. The molecule has 2 aliphatic rings. The monoisotopic (exact) mass is 343 g/mol. The fourth-order valence-electron chi connectivity index (χ4n) is 3.70. The molecule has 2 aliphatic heterocycles. The van der Waals surface area contributed by atoms with Crippen LogP contribution in [0.5, 0.6) is 0 Å². The average molecular weight is 343 g/mol. The Morgan fingerprint density at radius 2 is 1.60 bits per heavy atom. The molecule has 1 aromatic carbocycles. The topological polar surface area (TPSA) is 52.7 Å². The normalized spacial score (nSPS) is 18.9. The molecular weight excluding hydrogens is 314 g/mol. The van der Waals surface area contributed by atoms with Crippen LogP contribution in [-0.2, 0) is 4.79 Å². The van der Waals surface area contributed by atoms with E-state index in [2.05, 4.69) is 5.32 Å². The second kappa shape index (κ2) is 8.37. The number of hydrogen-bond acceptors (Lipinski definition) is 2. The van der Waals surface area contributed by atoms with Crippen LogP contribution in [0.15, 0.2) is 24.3 Å². The van der Waals surface area contributed by atoms with Gasteiger partial charge in [0, 0.05) is 38.3 Å². The Balaban J connectivity index is 1.42. The van der Waals surface area contributed by atoms with Gasteiger partial charge in [0.1, 0.15) is 0 Å². The van der Waals surface area contributed by atoms with Gasteiger partial charge in [0.2, 0.25) is 5.91 Å². The molecule has 3 rings (SSSR count). The molecule has 0 aromatic heterocycles. The van der Waals surface area contributed by atoms with Gasteiger partial charge in [-0.2, -0.15) is 0 Å². The minimum absolute atomic E-state index is 0.0374. The molecule has 5 heteroatoms. The minimum Gasteiger partial charge on any atom is -0.343 e. The predicted molar refractivity (Wildman–Crippen MR) is 99.5 cm³/mol. The second-order valence-electron chi connectivity index (χ2n) is 7.37. The van der Waals surface area contributed by atoms with E-state index in [1.807, 2.05) is 41.0 Å². The molecule has 136 valence electrons. The summed E-state index contributed by atoms with van der Waals surface area (Å²) in [6.45, 7) is 5.35. The molecule has 0 saturated carbocycles. The molecule has 5 nitrogen and oxygen atoms in total. The molecule has 1 aromatic rings. The van der Waals surface area contributed by atoms with Gasteiger partial charge >= 0.3 is 6.03 Å². The van der Waals surface area contributed by atoms with Crippen molar-refractivity contribution in [2.24, 2.45) is 5.92 Å². The van der Waals surface area contributed by atoms with Gasteiger partial charge in [-0.25, -0.2) is 4.79 Å². The van der Waals surface area contributed by atoms with E-state index in [-0.39, 0.29) is 6.03 Å². The van der Waals surface area contributed by atoms with Crippen LogP contribution >= 0.6 is 0 Å². The highest BCUT2D eigenvalue weighted by Crippen LogP contribution is 2.23. The van der Waals surface area contributed by atoms with Gasteiger partial charge in [-0.15, -0.1) is 0 Å². The third-order valence-electron chi connectivity index (χ3n) is 5.38. The Bertz CT molecular complexity index is 585. The van der Waals surface area contributed by atoms with E-state index in [9.17, 15) is 9.59 Å². The number of likely N-dealkylation sites (tertiary alicyclic amines) is 2. The van der Waals surface area contributed by atoms with Gasteiger partial charge in [-0.05, 0) is 57.1 Å². The van der Waals surface area contributed by atoms with Gasteiger partial charge in [0.15, 0.2) is 0 Å². The van der Waals surface area contributed by atoms with Crippen LogP contribution in [0.2, 0.25) is 0 Å². The zero-order valence-corrected chi connectivity index (χ0v) is 15.2. The first-order valence-corrected chi connectivity index (χ1v) is 9.52. The second-order valence-corrected chi connectivity index (χ2v) is 7.37. The average Bonchev–Trinajstić information content (AvgIpc) is 2.65. The first-order chi connectivity index (χ1) is 12.1. The fraction of sp³-hybridized carbons (Fsp3) is 0.600. The number of nitrogens with zero attached hydrogens (tertiary/aromatic N) is 2. The van der Waals surface area contributed by atoms with Gasteiger partial charge in [-0.1, -0.05) is 17.7 Å². The van der Waals surface area contributed by atoms with Crippen LogP contribution in [0.4, 0.5) is 10.5 Å². The van der Waals surface area contributed by atoms with Crippen LogP contribution in [0.1, 0.15) is 44.1 Å². The van der Waals surface area contributed by atoms with Crippen LogP contribution in [0, 0.1) is 12.8 Å². The Hall–Kier alpha value is -2.04. The Labute approximate surface area is 150 Å². The number of piperidine rings is 2. The van der Waals surface area contributed by atoms with E-state index in [4.69, 9.17) is 0 Å². The number of benzene rings is 1. The molecule has 2 fully saturated rings. The summed E-state index contributed by atoms with van der Waals surface area (Å²) in [6.07, 6.45) is 6.01. The van der Waals surface area contributed by atoms with Crippen LogP contribution < -0.4 is 5.32 Å². The third kappa shape index (κ3) is 4.97. The van der Waals surface area contributed by atoms with E-state index in [1.165, 1.54) is 12.0 Å². The summed E-state index contributed by atoms with van der Waals surface area (Å²) in [6, 6.07) is 7.81. The lowest BCUT2D eigenvalue weighted by molar-refractivity contribution is -0.133. The Morgan fingerprint density at radius 3 is 2.24 bits per heavy atom. The molecule has 0 bridgehead atoms. The zero-order valence-electron chi connectivity index (χ0n) is 15.2. The fourth-order valence-corrected chi connectivity index (χ4v) is 3.70. The number of nitrogens with one attached hydrogen (secondary N) is 1. The smallest absolute Gasteiger partial charge is 0.321 e. The molecule has 1 N–H and O–H groups in total. The van der Waals surface area contributed by atoms with E-state index in [0.717, 1.165) is 57.5 Å².